The molecule has 6 rings (SSSR count). The quantitative estimate of drug-likeness (QED) is 0.246. The zero-order valence-electron chi connectivity index (χ0n) is 22.6. The molecule has 0 spiro atoms. The van der Waals surface area contributed by atoms with Crippen LogP contribution in [0.3, 0.4) is 0 Å². The lowest BCUT2D eigenvalue weighted by atomic mass is 10.2. The van der Waals surface area contributed by atoms with Gasteiger partial charge in [0.15, 0.2) is 34.5 Å². The minimum absolute atomic E-state index is 0.298. The molecule has 0 atom stereocenters. The molecule has 0 saturated carbocycles. The third kappa shape index (κ3) is 6.89. The minimum atomic E-state index is 0.298. The SMILES string of the molecule is c1cc2c(cc1CNCCN(CCNCc1ccc3c(c1)OCO3)CCNCc1ccc3c(c1)OCO3)OCO2. The van der Waals surface area contributed by atoms with Crippen molar-refractivity contribution in [2.24, 2.45) is 0 Å². The highest BCUT2D eigenvalue weighted by Gasteiger charge is 2.15. The van der Waals surface area contributed by atoms with Crippen LogP contribution >= 0.6 is 0 Å². The summed E-state index contributed by atoms with van der Waals surface area (Å²) in [6, 6.07) is 18.3. The molecule has 212 valence electrons. The van der Waals surface area contributed by atoms with Crippen molar-refractivity contribution in [2.75, 3.05) is 59.6 Å². The standard InChI is InChI=1S/C30H36N4O6/c1-4-25-28(38-19-35-25)13-22(1)16-31-7-10-34(11-8-32-17-23-2-5-26-29(14-23)39-20-36-26)12-9-33-18-24-3-6-27-30(15-24)40-21-37-27/h1-6,13-15,31-33H,7-12,16-21H2. The average molecular weight is 549 g/mol. The highest BCUT2D eigenvalue weighted by molar-refractivity contribution is 5.46. The number of rotatable bonds is 15. The van der Waals surface area contributed by atoms with Gasteiger partial charge in [-0.1, -0.05) is 18.2 Å². The maximum absolute atomic E-state index is 5.50. The zero-order valence-corrected chi connectivity index (χ0v) is 22.6. The molecule has 0 radical (unpaired) electrons. The second kappa shape index (κ2) is 13.1. The third-order valence-corrected chi connectivity index (χ3v) is 7.11. The van der Waals surface area contributed by atoms with Crippen LogP contribution < -0.4 is 44.4 Å². The second-order valence-electron chi connectivity index (χ2n) is 9.93. The van der Waals surface area contributed by atoms with Crippen molar-refractivity contribution >= 4 is 0 Å². The summed E-state index contributed by atoms with van der Waals surface area (Å²) in [6.45, 7) is 8.76. The van der Waals surface area contributed by atoms with E-state index >= 15 is 0 Å². The van der Waals surface area contributed by atoms with E-state index in [1.54, 1.807) is 0 Å². The smallest absolute Gasteiger partial charge is 0.231 e. The van der Waals surface area contributed by atoms with Crippen molar-refractivity contribution in [3.63, 3.8) is 0 Å². The minimum Gasteiger partial charge on any atom is -0.454 e. The van der Waals surface area contributed by atoms with E-state index in [1.165, 1.54) is 16.7 Å². The number of hydrogen-bond donors (Lipinski definition) is 3. The van der Waals surface area contributed by atoms with Gasteiger partial charge in [0.1, 0.15) is 0 Å². The van der Waals surface area contributed by atoms with Crippen LogP contribution in [-0.4, -0.2) is 64.5 Å². The van der Waals surface area contributed by atoms with Crippen LogP contribution in [-0.2, 0) is 19.6 Å². The van der Waals surface area contributed by atoms with E-state index in [-0.39, 0.29) is 0 Å². The molecule has 0 aromatic heterocycles. The summed E-state index contributed by atoms with van der Waals surface area (Å²) >= 11 is 0. The Labute approximate surface area is 234 Å². The molecule has 3 aliphatic rings. The summed E-state index contributed by atoms with van der Waals surface area (Å²) in [5, 5.41) is 10.7. The molecule has 0 bridgehead atoms. The van der Waals surface area contributed by atoms with Gasteiger partial charge in [0.05, 0.1) is 0 Å². The van der Waals surface area contributed by atoms with Crippen molar-refractivity contribution in [1.29, 1.82) is 0 Å². The van der Waals surface area contributed by atoms with Gasteiger partial charge < -0.3 is 44.4 Å². The Morgan fingerprint density at radius 2 is 0.775 bits per heavy atom. The molecular formula is C30H36N4O6. The molecule has 3 heterocycles. The lowest BCUT2D eigenvalue weighted by Crippen LogP contribution is -2.40. The lowest BCUT2D eigenvalue weighted by molar-refractivity contribution is 0.173. The highest BCUT2D eigenvalue weighted by Crippen LogP contribution is 2.34. The fraction of sp³-hybridized carbons (Fsp3) is 0.400. The Balaban J connectivity index is 0.948. The number of hydrogen-bond acceptors (Lipinski definition) is 10. The summed E-state index contributed by atoms with van der Waals surface area (Å²) in [5.74, 6) is 4.92. The van der Waals surface area contributed by atoms with Gasteiger partial charge in [-0.25, -0.2) is 0 Å². The number of nitrogens with one attached hydrogen (secondary N) is 3. The maximum atomic E-state index is 5.50. The van der Waals surface area contributed by atoms with Crippen LogP contribution in [0, 0.1) is 0 Å². The summed E-state index contributed by atoms with van der Waals surface area (Å²) < 4.78 is 32.8. The zero-order chi connectivity index (χ0) is 27.0. The van der Waals surface area contributed by atoms with Crippen molar-refractivity contribution in [1.82, 2.24) is 20.9 Å². The molecular weight excluding hydrogens is 512 g/mol. The average Bonchev–Trinajstić information content (AvgIpc) is 3.75. The van der Waals surface area contributed by atoms with E-state index in [4.69, 9.17) is 28.4 Å². The van der Waals surface area contributed by atoms with Crippen molar-refractivity contribution in [3.8, 4) is 34.5 Å². The molecule has 0 fully saturated rings. The van der Waals surface area contributed by atoms with Gasteiger partial charge in [0.2, 0.25) is 20.4 Å². The predicted octanol–water partition coefficient (Wildman–Crippen LogP) is 2.84. The molecule has 3 aromatic rings. The van der Waals surface area contributed by atoms with E-state index in [0.717, 1.165) is 93.4 Å². The normalized spacial score (nSPS) is 14.3. The topological polar surface area (TPSA) is 94.7 Å². The monoisotopic (exact) mass is 548 g/mol. The Morgan fingerprint density at radius 1 is 0.450 bits per heavy atom. The molecule has 10 heteroatoms. The molecule has 40 heavy (non-hydrogen) atoms. The maximum Gasteiger partial charge on any atom is 0.231 e. The summed E-state index contributed by atoms with van der Waals surface area (Å²) in [4.78, 5) is 2.48. The van der Waals surface area contributed by atoms with Gasteiger partial charge in [-0.3, -0.25) is 4.90 Å². The Kier molecular flexibility index (Phi) is 8.69. The predicted molar refractivity (Wildman–Crippen MR) is 149 cm³/mol. The Hall–Kier alpha value is -3.70. The van der Waals surface area contributed by atoms with Crippen molar-refractivity contribution in [3.05, 3.63) is 71.3 Å². The molecule has 0 saturated heterocycles. The van der Waals surface area contributed by atoms with Gasteiger partial charge in [0, 0.05) is 58.9 Å². The number of benzene rings is 3. The van der Waals surface area contributed by atoms with Crippen LogP contribution in [0.1, 0.15) is 16.7 Å². The van der Waals surface area contributed by atoms with Crippen LogP contribution in [0.25, 0.3) is 0 Å². The molecule has 0 aliphatic carbocycles. The Bertz CT molecular complexity index is 1130. The van der Waals surface area contributed by atoms with Gasteiger partial charge in [0.25, 0.3) is 0 Å². The van der Waals surface area contributed by atoms with E-state index in [0.29, 0.717) is 20.4 Å². The van der Waals surface area contributed by atoms with E-state index in [1.807, 2.05) is 36.4 Å². The lowest BCUT2D eigenvalue weighted by Gasteiger charge is -2.23. The molecule has 0 amide bonds. The number of ether oxygens (including phenoxy) is 6. The van der Waals surface area contributed by atoms with Crippen LogP contribution in [0.4, 0.5) is 0 Å². The summed E-state index contributed by atoms with van der Waals surface area (Å²) in [5.41, 5.74) is 3.56. The second-order valence-corrected chi connectivity index (χ2v) is 9.93. The first kappa shape index (κ1) is 26.5. The third-order valence-electron chi connectivity index (χ3n) is 7.11. The first-order valence-corrected chi connectivity index (χ1v) is 13.8. The van der Waals surface area contributed by atoms with Crippen LogP contribution in [0.2, 0.25) is 0 Å². The molecule has 10 nitrogen and oxygen atoms in total. The Morgan fingerprint density at radius 3 is 1.12 bits per heavy atom. The summed E-state index contributed by atoms with van der Waals surface area (Å²) in [6.07, 6.45) is 0. The number of nitrogens with zero attached hydrogens (tertiary/aromatic N) is 1. The number of fused-ring (bicyclic) bond motifs is 3. The van der Waals surface area contributed by atoms with Crippen LogP contribution in [0.5, 0.6) is 34.5 Å². The highest BCUT2D eigenvalue weighted by atomic mass is 16.7. The molecule has 3 aliphatic heterocycles. The summed E-state index contributed by atoms with van der Waals surface area (Å²) in [7, 11) is 0. The van der Waals surface area contributed by atoms with Gasteiger partial charge in [-0.05, 0) is 53.1 Å². The first-order chi connectivity index (χ1) is 19.8. The van der Waals surface area contributed by atoms with E-state index < -0.39 is 0 Å². The van der Waals surface area contributed by atoms with Crippen molar-refractivity contribution < 1.29 is 28.4 Å². The largest absolute Gasteiger partial charge is 0.454 e. The fourth-order valence-electron chi connectivity index (χ4n) is 4.90. The fourth-order valence-corrected chi connectivity index (χ4v) is 4.90. The molecule has 3 N–H and O–H groups in total. The van der Waals surface area contributed by atoms with Gasteiger partial charge >= 0.3 is 0 Å². The van der Waals surface area contributed by atoms with Gasteiger partial charge in [-0.15, -0.1) is 0 Å². The van der Waals surface area contributed by atoms with Crippen molar-refractivity contribution in [2.45, 2.75) is 19.6 Å². The molecule has 0 unspecified atom stereocenters. The van der Waals surface area contributed by atoms with Crippen LogP contribution in [0.15, 0.2) is 54.6 Å². The first-order valence-electron chi connectivity index (χ1n) is 13.8. The van der Waals surface area contributed by atoms with E-state index in [9.17, 15) is 0 Å². The van der Waals surface area contributed by atoms with E-state index in [2.05, 4.69) is 39.0 Å². The molecule has 3 aromatic carbocycles. The van der Waals surface area contributed by atoms with Gasteiger partial charge in [-0.2, -0.15) is 0 Å².